The number of hydrogen-bond acceptors (Lipinski definition) is 3. The Morgan fingerprint density at radius 2 is 1.79 bits per heavy atom. The van der Waals surface area contributed by atoms with Crippen molar-refractivity contribution in [3.8, 4) is 0 Å². The molecule has 0 heterocycles. The Bertz CT molecular complexity index is 825. The second-order valence-electron chi connectivity index (χ2n) is 6.49. The highest BCUT2D eigenvalue weighted by molar-refractivity contribution is 7.99. The maximum atomic E-state index is 12.9. The first-order chi connectivity index (χ1) is 13.3. The largest absolute Gasteiger partial charge is 0.357 e. The number of thioether (sulfide) groups is 1. The van der Waals surface area contributed by atoms with Gasteiger partial charge in [0.25, 0.3) is 0 Å². The molecule has 7 heteroatoms. The van der Waals surface area contributed by atoms with Crippen molar-refractivity contribution < 1.29 is 9.59 Å². The zero-order chi connectivity index (χ0) is 20.7. The highest BCUT2D eigenvalue weighted by atomic mass is 35.5. The van der Waals surface area contributed by atoms with Crippen LogP contribution in [0.2, 0.25) is 10.0 Å². The Morgan fingerprint density at radius 1 is 1.14 bits per heavy atom. The number of carbonyl (C=O) groups is 2. The number of aryl methyl sites for hydroxylation is 1. The van der Waals surface area contributed by atoms with E-state index in [1.807, 2.05) is 31.2 Å². The summed E-state index contributed by atoms with van der Waals surface area (Å²) < 4.78 is 0. The van der Waals surface area contributed by atoms with Crippen molar-refractivity contribution in [2.24, 2.45) is 0 Å². The van der Waals surface area contributed by atoms with Crippen molar-refractivity contribution in [3.63, 3.8) is 0 Å². The molecule has 28 heavy (non-hydrogen) atoms. The summed E-state index contributed by atoms with van der Waals surface area (Å²) in [6, 6.07) is 12.7. The van der Waals surface area contributed by atoms with Gasteiger partial charge in [0.2, 0.25) is 11.8 Å². The minimum atomic E-state index is -0.567. The summed E-state index contributed by atoms with van der Waals surface area (Å²) in [4.78, 5) is 26.7. The maximum absolute atomic E-state index is 12.9. The molecule has 0 aliphatic rings. The summed E-state index contributed by atoms with van der Waals surface area (Å²) in [6.07, 6.45) is 0. The van der Waals surface area contributed by atoms with Crippen LogP contribution in [-0.4, -0.2) is 35.6 Å². The Kier molecular flexibility index (Phi) is 8.67. The first-order valence-electron chi connectivity index (χ1n) is 8.90. The topological polar surface area (TPSA) is 49.4 Å². The third kappa shape index (κ3) is 6.16. The molecule has 0 spiro atoms. The van der Waals surface area contributed by atoms with Crippen LogP contribution in [0.5, 0.6) is 0 Å². The molecule has 2 aromatic carbocycles. The number of rotatable bonds is 8. The van der Waals surface area contributed by atoms with Crippen LogP contribution in [0.15, 0.2) is 42.5 Å². The van der Waals surface area contributed by atoms with E-state index in [1.165, 1.54) is 11.8 Å². The molecule has 0 aromatic heterocycles. The minimum absolute atomic E-state index is 0.106. The molecule has 2 aromatic rings. The molecule has 2 rings (SSSR count). The quantitative estimate of drug-likeness (QED) is 0.649. The van der Waals surface area contributed by atoms with Gasteiger partial charge in [-0.05, 0) is 37.1 Å². The smallest absolute Gasteiger partial charge is 0.242 e. The van der Waals surface area contributed by atoms with Crippen LogP contribution in [0.25, 0.3) is 0 Å². The van der Waals surface area contributed by atoms with Crippen LogP contribution >= 0.6 is 35.0 Å². The molecule has 1 N–H and O–H groups in total. The van der Waals surface area contributed by atoms with Gasteiger partial charge in [0, 0.05) is 29.4 Å². The average Bonchev–Trinajstić information content (AvgIpc) is 2.67. The summed E-state index contributed by atoms with van der Waals surface area (Å²) in [5.74, 6) is 0.455. The predicted octanol–water partition coefficient (Wildman–Crippen LogP) is 4.70. The van der Waals surface area contributed by atoms with Crippen LogP contribution < -0.4 is 5.32 Å². The number of hydrogen-bond donors (Lipinski definition) is 1. The molecular formula is C21H24Cl2N2O2S. The lowest BCUT2D eigenvalue weighted by atomic mass is 10.1. The molecule has 0 radical (unpaired) electrons. The van der Waals surface area contributed by atoms with Crippen molar-refractivity contribution in [3.05, 3.63) is 69.2 Å². The number of nitrogens with zero attached hydrogens (tertiary/aromatic N) is 1. The van der Waals surface area contributed by atoms with E-state index in [1.54, 1.807) is 37.1 Å². The highest BCUT2D eigenvalue weighted by Crippen LogP contribution is 2.28. The summed E-state index contributed by atoms with van der Waals surface area (Å²) in [6.45, 7) is 4.12. The zero-order valence-corrected chi connectivity index (χ0v) is 18.5. The first kappa shape index (κ1) is 22.6. The van der Waals surface area contributed by atoms with Crippen LogP contribution in [-0.2, 0) is 21.9 Å². The number of nitrogens with one attached hydrogen (secondary N) is 1. The molecule has 1 unspecified atom stereocenters. The monoisotopic (exact) mass is 438 g/mol. The van der Waals surface area contributed by atoms with Gasteiger partial charge in [0.05, 0.1) is 5.75 Å². The van der Waals surface area contributed by atoms with E-state index in [-0.39, 0.29) is 17.6 Å². The predicted molar refractivity (Wildman–Crippen MR) is 118 cm³/mol. The molecule has 150 valence electrons. The number of amides is 2. The minimum Gasteiger partial charge on any atom is -0.357 e. The number of benzene rings is 2. The van der Waals surface area contributed by atoms with E-state index in [0.29, 0.717) is 22.3 Å². The summed E-state index contributed by atoms with van der Waals surface area (Å²) >= 11 is 13.8. The van der Waals surface area contributed by atoms with Crippen molar-refractivity contribution in [1.29, 1.82) is 0 Å². The standard InChI is InChI=1S/C21H24Cl2N2O2S/c1-14-6-4-7-16(10-14)11-25(15(2)21(27)24-3)20(26)13-28-12-17-18(22)8-5-9-19(17)23/h4-10,15H,11-13H2,1-3H3,(H,24,27). The first-order valence-corrected chi connectivity index (χ1v) is 10.8. The van der Waals surface area contributed by atoms with Crippen LogP contribution in [0.1, 0.15) is 23.6 Å². The number of carbonyl (C=O) groups excluding carboxylic acids is 2. The second kappa shape index (κ2) is 10.7. The lowest BCUT2D eigenvalue weighted by Crippen LogP contribution is -2.47. The number of likely N-dealkylation sites (N-methyl/N-ethyl adjacent to an activating group) is 1. The molecule has 4 nitrogen and oxygen atoms in total. The van der Waals surface area contributed by atoms with Gasteiger partial charge >= 0.3 is 0 Å². The molecule has 1 atom stereocenters. The zero-order valence-electron chi connectivity index (χ0n) is 16.2. The molecule has 0 aliphatic heterocycles. The Labute approximate surface area is 180 Å². The molecular weight excluding hydrogens is 415 g/mol. The Balaban J connectivity index is 2.08. The maximum Gasteiger partial charge on any atom is 0.242 e. The highest BCUT2D eigenvalue weighted by Gasteiger charge is 2.25. The third-order valence-electron chi connectivity index (χ3n) is 4.38. The van der Waals surface area contributed by atoms with Crippen molar-refractivity contribution in [1.82, 2.24) is 10.2 Å². The lowest BCUT2D eigenvalue weighted by Gasteiger charge is -2.28. The average molecular weight is 439 g/mol. The van der Waals surface area contributed by atoms with Gasteiger partial charge in [0.1, 0.15) is 6.04 Å². The number of halogens is 2. The van der Waals surface area contributed by atoms with Gasteiger partial charge in [0.15, 0.2) is 0 Å². The van der Waals surface area contributed by atoms with Crippen LogP contribution in [0.3, 0.4) is 0 Å². The molecule has 0 saturated carbocycles. The Hall–Kier alpha value is -1.69. The van der Waals surface area contributed by atoms with Crippen LogP contribution in [0.4, 0.5) is 0 Å². The summed E-state index contributed by atoms with van der Waals surface area (Å²) in [5.41, 5.74) is 2.91. The van der Waals surface area contributed by atoms with E-state index in [0.717, 1.165) is 16.7 Å². The molecule has 0 aliphatic carbocycles. The molecule has 0 fully saturated rings. The SMILES string of the molecule is CNC(=O)C(C)N(Cc1cccc(C)c1)C(=O)CSCc1c(Cl)cccc1Cl. The van der Waals surface area contributed by atoms with E-state index < -0.39 is 6.04 Å². The van der Waals surface area contributed by atoms with Crippen molar-refractivity contribution >= 4 is 46.8 Å². The van der Waals surface area contributed by atoms with E-state index >= 15 is 0 Å². The van der Waals surface area contributed by atoms with Crippen LogP contribution in [0, 0.1) is 6.92 Å². The fraction of sp³-hybridized carbons (Fsp3) is 0.333. The molecule has 2 amide bonds. The second-order valence-corrected chi connectivity index (χ2v) is 8.29. The Morgan fingerprint density at radius 3 is 2.39 bits per heavy atom. The van der Waals surface area contributed by atoms with Gasteiger partial charge < -0.3 is 10.2 Å². The van der Waals surface area contributed by atoms with Gasteiger partial charge in [-0.3, -0.25) is 9.59 Å². The summed E-state index contributed by atoms with van der Waals surface area (Å²) in [5, 5.41) is 3.79. The third-order valence-corrected chi connectivity index (χ3v) is 6.03. The summed E-state index contributed by atoms with van der Waals surface area (Å²) in [7, 11) is 1.57. The van der Waals surface area contributed by atoms with E-state index in [2.05, 4.69) is 5.32 Å². The fourth-order valence-corrected chi connectivity index (χ4v) is 4.44. The van der Waals surface area contributed by atoms with E-state index in [4.69, 9.17) is 23.2 Å². The van der Waals surface area contributed by atoms with Gasteiger partial charge in [-0.2, -0.15) is 0 Å². The fourth-order valence-electron chi connectivity index (χ4n) is 2.79. The normalized spacial score (nSPS) is 11.8. The van der Waals surface area contributed by atoms with Gasteiger partial charge in [-0.25, -0.2) is 0 Å². The van der Waals surface area contributed by atoms with E-state index in [9.17, 15) is 9.59 Å². The molecule has 0 bridgehead atoms. The lowest BCUT2D eigenvalue weighted by molar-refractivity contribution is -0.138. The van der Waals surface area contributed by atoms with Crippen molar-refractivity contribution in [2.75, 3.05) is 12.8 Å². The van der Waals surface area contributed by atoms with Crippen molar-refractivity contribution in [2.45, 2.75) is 32.2 Å². The molecule has 0 saturated heterocycles. The van der Waals surface area contributed by atoms with Gasteiger partial charge in [-0.1, -0.05) is 59.1 Å². The van der Waals surface area contributed by atoms with Gasteiger partial charge in [-0.15, -0.1) is 11.8 Å².